The first kappa shape index (κ1) is 15.9. The summed E-state index contributed by atoms with van der Waals surface area (Å²) in [6.07, 6.45) is 3.36. The molecule has 1 aliphatic rings. The van der Waals surface area contributed by atoms with E-state index in [2.05, 4.69) is 20.8 Å². The van der Waals surface area contributed by atoms with Gasteiger partial charge in [0.2, 0.25) is 0 Å². The summed E-state index contributed by atoms with van der Waals surface area (Å²) in [6.45, 7) is 4.23. The van der Waals surface area contributed by atoms with E-state index in [4.69, 9.17) is 10.5 Å². The topological polar surface area (TPSA) is 38.5 Å². The van der Waals surface area contributed by atoms with Gasteiger partial charge in [0.15, 0.2) is 0 Å². The lowest BCUT2D eigenvalue weighted by Crippen LogP contribution is -2.36. The van der Waals surface area contributed by atoms with Crippen LogP contribution in [0, 0.1) is 5.82 Å². The smallest absolute Gasteiger partial charge is 0.123 e. The molecule has 2 rings (SSSR count). The van der Waals surface area contributed by atoms with Crippen molar-refractivity contribution in [2.45, 2.75) is 31.9 Å². The van der Waals surface area contributed by atoms with E-state index in [0.29, 0.717) is 12.6 Å². The van der Waals surface area contributed by atoms with Crippen LogP contribution in [-0.2, 0) is 11.3 Å². The average Bonchev–Trinajstić information content (AvgIpc) is 2.45. The summed E-state index contributed by atoms with van der Waals surface area (Å²) >= 11 is 3.48. The monoisotopic (exact) mass is 344 g/mol. The molecule has 0 spiro atoms. The first-order valence-electron chi connectivity index (χ1n) is 7.17. The van der Waals surface area contributed by atoms with Crippen LogP contribution in [0.5, 0.6) is 0 Å². The summed E-state index contributed by atoms with van der Waals surface area (Å²) < 4.78 is 20.0. The number of halogens is 2. The predicted octanol–water partition coefficient (Wildman–Crippen LogP) is 2.92. The van der Waals surface area contributed by atoms with Crippen molar-refractivity contribution in [3.05, 3.63) is 34.1 Å². The molecule has 1 aliphatic heterocycles. The predicted molar refractivity (Wildman–Crippen MR) is 82.0 cm³/mol. The molecule has 1 aromatic rings. The fourth-order valence-electron chi connectivity index (χ4n) is 2.47. The molecule has 0 atom stereocenters. The van der Waals surface area contributed by atoms with Crippen LogP contribution in [0.15, 0.2) is 22.7 Å². The Morgan fingerprint density at radius 2 is 2.10 bits per heavy atom. The Morgan fingerprint density at radius 1 is 1.35 bits per heavy atom. The normalized spacial score (nSPS) is 17.6. The third kappa shape index (κ3) is 4.81. The Bertz CT molecular complexity index is 422. The van der Waals surface area contributed by atoms with Crippen LogP contribution >= 0.6 is 15.9 Å². The Labute approximate surface area is 128 Å². The largest absolute Gasteiger partial charge is 0.378 e. The summed E-state index contributed by atoms with van der Waals surface area (Å²) in [5, 5.41) is 0. The van der Waals surface area contributed by atoms with Crippen molar-refractivity contribution >= 4 is 15.9 Å². The molecule has 0 aromatic heterocycles. The van der Waals surface area contributed by atoms with E-state index in [1.807, 2.05) is 0 Å². The van der Waals surface area contributed by atoms with Gasteiger partial charge >= 0.3 is 0 Å². The zero-order chi connectivity index (χ0) is 14.4. The number of piperidine rings is 1. The first-order valence-corrected chi connectivity index (χ1v) is 7.96. The van der Waals surface area contributed by atoms with Crippen LogP contribution in [0.1, 0.15) is 24.8 Å². The van der Waals surface area contributed by atoms with E-state index in [1.54, 1.807) is 12.1 Å². The molecule has 1 heterocycles. The van der Waals surface area contributed by atoms with Crippen LogP contribution < -0.4 is 5.73 Å². The number of nitrogens with zero attached hydrogens (tertiary/aromatic N) is 1. The molecule has 0 unspecified atom stereocenters. The van der Waals surface area contributed by atoms with Crippen molar-refractivity contribution in [1.29, 1.82) is 0 Å². The Kier molecular flexibility index (Phi) is 6.42. The third-order valence-electron chi connectivity index (χ3n) is 3.64. The van der Waals surface area contributed by atoms with Crippen molar-refractivity contribution in [2.24, 2.45) is 5.73 Å². The molecule has 20 heavy (non-hydrogen) atoms. The highest BCUT2D eigenvalue weighted by molar-refractivity contribution is 9.10. The van der Waals surface area contributed by atoms with E-state index in [-0.39, 0.29) is 5.82 Å². The highest BCUT2D eigenvalue weighted by Gasteiger charge is 2.20. The summed E-state index contributed by atoms with van der Waals surface area (Å²) in [6, 6.07) is 4.85. The summed E-state index contributed by atoms with van der Waals surface area (Å²) in [5.74, 6) is -0.178. The number of ether oxygens (including phenoxy) is 1. The fraction of sp³-hybridized carbons (Fsp3) is 0.600. The minimum absolute atomic E-state index is 0.178. The van der Waals surface area contributed by atoms with Crippen LogP contribution in [0.3, 0.4) is 0 Å². The molecule has 1 aromatic carbocycles. The van der Waals surface area contributed by atoms with Gasteiger partial charge in [0.1, 0.15) is 5.82 Å². The van der Waals surface area contributed by atoms with Gasteiger partial charge in [-0.05, 0) is 49.6 Å². The molecule has 3 nitrogen and oxygen atoms in total. The highest BCUT2D eigenvalue weighted by atomic mass is 79.9. The van der Waals surface area contributed by atoms with Gasteiger partial charge < -0.3 is 10.5 Å². The summed E-state index contributed by atoms with van der Waals surface area (Å²) in [7, 11) is 0. The second-order valence-corrected chi connectivity index (χ2v) is 6.08. The van der Waals surface area contributed by atoms with Gasteiger partial charge in [-0.25, -0.2) is 4.39 Å². The van der Waals surface area contributed by atoms with Crippen molar-refractivity contribution in [2.75, 3.05) is 26.2 Å². The quantitative estimate of drug-likeness (QED) is 0.806. The molecule has 0 saturated carbocycles. The minimum atomic E-state index is -0.178. The zero-order valence-corrected chi connectivity index (χ0v) is 13.2. The molecular weight excluding hydrogens is 323 g/mol. The summed E-state index contributed by atoms with van der Waals surface area (Å²) in [4.78, 5) is 2.35. The zero-order valence-electron chi connectivity index (χ0n) is 11.7. The van der Waals surface area contributed by atoms with Crippen LogP contribution in [0.2, 0.25) is 0 Å². The van der Waals surface area contributed by atoms with Crippen LogP contribution in [0.4, 0.5) is 4.39 Å². The molecule has 5 heteroatoms. The molecule has 0 radical (unpaired) electrons. The number of hydrogen-bond donors (Lipinski definition) is 1. The second kappa shape index (κ2) is 8.08. The van der Waals surface area contributed by atoms with E-state index >= 15 is 0 Å². The highest BCUT2D eigenvalue weighted by Crippen LogP contribution is 2.22. The SMILES string of the molecule is NCCCOC1CCN(Cc2cc(F)ccc2Br)CC1. The van der Waals surface area contributed by atoms with E-state index < -0.39 is 0 Å². The number of benzene rings is 1. The van der Waals surface area contributed by atoms with E-state index in [9.17, 15) is 4.39 Å². The average molecular weight is 345 g/mol. The lowest BCUT2D eigenvalue weighted by atomic mass is 10.1. The van der Waals surface area contributed by atoms with Gasteiger partial charge in [0.25, 0.3) is 0 Å². The number of rotatable bonds is 6. The van der Waals surface area contributed by atoms with E-state index in [1.165, 1.54) is 6.07 Å². The van der Waals surface area contributed by atoms with Crippen molar-refractivity contribution < 1.29 is 9.13 Å². The molecule has 0 bridgehead atoms. The molecule has 112 valence electrons. The van der Waals surface area contributed by atoms with Crippen LogP contribution in [-0.4, -0.2) is 37.2 Å². The maximum atomic E-state index is 13.3. The fourth-order valence-corrected chi connectivity index (χ4v) is 2.84. The third-order valence-corrected chi connectivity index (χ3v) is 4.41. The molecular formula is C15H22BrFN2O. The number of likely N-dealkylation sites (tertiary alicyclic amines) is 1. The maximum Gasteiger partial charge on any atom is 0.123 e. The lowest BCUT2D eigenvalue weighted by molar-refractivity contribution is 0.00558. The summed E-state index contributed by atoms with van der Waals surface area (Å²) in [5.41, 5.74) is 6.46. The number of nitrogens with two attached hydrogens (primary N) is 1. The molecule has 1 fully saturated rings. The van der Waals surface area contributed by atoms with Crippen molar-refractivity contribution in [3.63, 3.8) is 0 Å². The lowest BCUT2D eigenvalue weighted by Gasteiger charge is -2.32. The molecule has 2 N–H and O–H groups in total. The van der Waals surface area contributed by atoms with Gasteiger partial charge in [0, 0.05) is 30.7 Å². The second-order valence-electron chi connectivity index (χ2n) is 5.22. The van der Waals surface area contributed by atoms with Crippen molar-refractivity contribution in [1.82, 2.24) is 4.90 Å². The number of hydrogen-bond acceptors (Lipinski definition) is 3. The Morgan fingerprint density at radius 3 is 2.80 bits per heavy atom. The maximum absolute atomic E-state index is 13.3. The van der Waals surface area contributed by atoms with Gasteiger partial charge in [-0.2, -0.15) is 0 Å². The standard InChI is InChI=1S/C15H22BrFN2O/c16-15-3-2-13(17)10-12(15)11-19-7-4-14(5-8-19)20-9-1-6-18/h2-3,10,14H,1,4-9,11,18H2. The van der Waals surface area contributed by atoms with Gasteiger partial charge in [-0.1, -0.05) is 15.9 Å². The van der Waals surface area contributed by atoms with Gasteiger partial charge in [0.05, 0.1) is 6.10 Å². The molecule has 0 aliphatic carbocycles. The minimum Gasteiger partial charge on any atom is -0.378 e. The van der Waals surface area contributed by atoms with Crippen LogP contribution in [0.25, 0.3) is 0 Å². The van der Waals surface area contributed by atoms with Gasteiger partial charge in [-0.3, -0.25) is 4.90 Å². The molecule has 0 amide bonds. The van der Waals surface area contributed by atoms with Crippen molar-refractivity contribution in [3.8, 4) is 0 Å². The Balaban J connectivity index is 1.78. The van der Waals surface area contributed by atoms with Gasteiger partial charge in [-0.15, -0.1) is 0 Å². The van der Waals surface area contributed by atoms with E-state index in [0.717, 1.165) is 55.5 Å². The first-order chi connectivity index (χ1) is 9.69. The molecule has 1 saturated heterocycles. The Hall–Kier alpha value is -0.490.